The first-order valence-corrected chi connectivity index (χ1v) is 10.7. The number of nitrogens with two attached hydrogens (primary N) is 1. The number of aromatic nitrogens is 3. The van der Waals surface area contributed by atoms with E-state index in [0.717, 1.165) is 48.2 Å². The number of nitrogens with zero attached hydrogens (tertiary/aromatic N) is 3. The molecule has 31 heavy (non-hydrogen) atoms. The molecule has 0 bridgehead atoms. The van der Waals surface area contributed by atoms with E-state index < -0.39 is 0 Å². The second-order valence-corrected chi connectivity index (χ2v) is 7.82. The quantitative estimate of drug-likeness (QED) is 0.535. The van der Waals surface area contributed by atoms with Crippen LogP contribution in [0.1, 0.15) is 36.8 Å². The van der Waals surface area contributed by atoms with Crippen molar-refractivity contribution in [1.82, 2.24) is 14.8 Å². The number of aryl methyl sites for hydroxylation is 1. The van der Waals surface area contributed by atoms with E-state index in [4.69, 9.17) is 5.73 Å². The SMILES string of the molecule is Cc1ccc(C2=C(C(=O)Nc3ccc(NCCn4nccc4N)nc3)CCCC2)cc1. The largest absolute Gasteiger partial charge is 0.384 e. The first kappa shape index (κ1) is 20.7. The summed E-state index contributed by atoms with van der Waals surface area (Å²) >= 11 is 0. The molecule has 1 aromatic carbocycles. The molecule has 7 nitrogen and oxygen atoms in total. The molecule has 0 saturated carbocycles. The highest BCUT2D eigenvalue weighted by Gasteiger charge is 2.20. The van der Waals surface area contributed by atoms with Gasteiger partial charge in [-0.2, -0.15) is 5.10 Å². The second kappa shape index (κ2) is 9.47. The number of rotatable bonds is 7. The molecule has 0 radical (unpaired) electrons. The van der Waals surface area contributed by atoms with Gasteiger partial charge in [-0.05, 0) is 61.9 Å². The van der Waals surface area contributed by atoms with E-state index in [1.165, 1.54) is 5.56 Å². The smallest absolute Gasteiger partial charge is 0.251 e. The number of anilines is 3. The lowest BCUT2D eigenvalue weighted by molar-refractivity contribution is -0.113. The van der Waals surface area contributed by atoms with Crippen molar-refractivity contribution in [2.24, 2.45) is 0 Å². The maximum absolute atomic E-state index is 13.0. The molecule has 0 atom stereocenters. The van der Waals surface area contributed by atoms with Crippen LogP contribution in [0, 0.1) is 6.92 Å². The molecule has 1 aliphatic rings. The lowest BCUT2D eigenvalue weighted by Crippen LogP contribution is -2.18. The highest BCUT2D eigenvalue weighted by atomic mass is 16.1. The second-order valence-electron chi connectivity index (χ2n) is 7.82. The zero-order valence-corrected chi connectivity index (χ0v) is 17.8. The van der Waals surface area contributed by atoms with Gasteiger partial charge in [0.25, 0.3) is 5.91 Å². The third kappa shape index (κ3) is 5.12. The molecule has 160 valence electrons. The van der Waals surface area contributed by atoms with E-state index in [0.29, 0.717) is 24.6 Å². The van der Waals surface area contributed by atoms with Gasteiger partial charge in [-0.3, -0.25) is 4.79 Å². The van der Waals surface area contributed by atoms with Crippen molar-refractivity contribution in [2.45, 2.75) is 39.2 Å². The molecule has 0 aliphatic heterocycles. The van der Waals surface area contributed by atoms with Crippen molar-refractivity contribution in [1.29, 1.82) is 0 Å². The number of pyridine rings is 1. The Morgan fingerprint density at radius 1 is 1.10 bits per heavy atom. The normalized spacial score (nSPS) is 13.8. The fourth-order valence-electron chi connectivity index (χ4n) is 3.83. The summed E-state index contributed by atoms with van der Waals surface area (Å²) in [6.45, 7) is 3.37. The van der Waals surface area contributed by atoms with Gasteiger partial charge in [0, 0.05) is 12.1 Å². The van der Waals surface area contributed by atoms with Crippen LogP contribution in [-0.4, -0.2) is 27.2 Å². The molecule has 4 N–H and O–H groups in total. The van der Waals surface area contributed by atoms with Crippen LogP contribution in [-0.2, 0) is 11.3 Å². The van der Waals surface area contributed by atoms with E-state index in [9.17, 15) is 4.79 Å². The summed E-state index contributed by atoms with van der Waals surface area (Å²) < 4.78 is 1.73. The minimum Gasteiger partial charge on any atom is -0.384 e. The minimum absolute atomic E-state index is 0.0352. The molecule has 1 aliphatic carbocycles. The molecular formula is C24H28N6O. The van der Waals surface area contributed by atoms with Crippen molar-refractivity contribution in [3.05, 3.63) is 71.6 Å². The van der Waals surface area contributed by atoms with Crippen molar-refractivity contribution < 1.29 is 4.79 Å². The number of carbonyl (C=O) groups excluding carboxylic acids is 1. The van der Waals surface area contributed by atoms with Crippen LogP contribution in [0.3, 0.4) is 0 Å². The molecule has 4 rings (SSSR count). The Hall–Kier alpha value is -3.61. The van der Waals surface area contributed by atoms with Gasteiger partial charge in [-0.25, -0.2) is 9.67 Å². The van der Waals surface area contributed by atoms with E-state index in [-0.39, 0.29) is 5.91 Å². The van der Waals surface area contributed by atoms with Gasteiger partial charge in [0.2, 0.25) is 0 Å². The molecule has 2 aromatic heterocycles. The fraction of sp³-hybridized carbons (Fsp3) is 0.292. The predicted molar refractivity (Wildman–Crippen MR) is 125 cm³/mol. The van der Waals surface area contributed by atoms with Crippen LogP contribution in [0.25, 0.3) is 5.57 Å². The zero-order valence-electron chi connectivity index (χ0n) is 17.8. The summed E-state index contributed by atoms with van der Waals surface area (Å²) in [5.74, 6) is 1.34. The van der Waals surface area contributed by atoms with Gasteiger partial charge in [0.05, 0.1) is 24.6 Å². The van der Waals surface area contributed by atoms with Crippen LogP contribution >= 0.6 is 0 Å². The van der Waals surface area contributed by atoms with E-state index in [1.807, 2.05) is 12.1 Å². The molecule has 0 fully saturated rings. The Balaban J connectivity index is 1.39. The number of allylic oxidation sites excluding steroid dienone is 1. The van der Waals surface area contributed by atoms with Crippen LogP contribution in [0.2, 0.25) is 0 Å². The van der Waals surface area contributed by atoms with Crippen LogP contribution in [0.15, 0.2) is 60.4 Å². The highest BCUT2D eigenvalue weighted by molar-refractivity contribution is 6.09. The molecule has 0 spiro atoms. The van der Waals surface area contributed by atoms with Gasteiger partial charge >= 0.3 is 0 Å². The minimum atomic E-state index is -0.0352. The number of hydrogen-bond donors (Lipinski definition) is 3. The monoisotopic (exact) mass is 416 g/mol. The Kier molecular flexibility index (Phi) is 6.31. The Labute approximate surface area is 182 Å². The first-order chi connectivity index (χ1) is 15.1. The Bertz CT molecular complexity index is 1070. The molecule has 0 saturated heterocycles. The van der Waals surface area contributed by atoms with E-state index >= 15 is 0 Å². The van der Waals surface area contributed by atoms with Gasteiger partial charge in [0.1, 0.15) is 11.6 Å². The lowest BCUT2D eigenvalue weighted by Gasteiger charge is -2.20. The lowest BCUT2D eigenvalue weighted by atomic mass is 9.86. The first-order valence-electron chi connectivity index (χ1n) is 10.7. The van der Waals surface area contributed by atoms with Crippen molar-refractivity contribution in [3.63, 3.8) is 0 Å². The number of carbonyl (C=O) groups is 1. The number of nitrogens with one attached hydrogen (secondary N) is 2. The summed E-state index contributed by atoms with van der Waals surface area (Å²) in [5.41, 5.74) is 10.9. The van der Waals surface area contributed by atoms with Crippen molar-refractivity contribution >= 4 is 28.8 Å². The number of hydrogen-bond acceptors (Lipinski definition) is 5. The van der Waals surface area contributed by atoms with Gasteiger partial charge < -0.3 is 16.4 Å². The highest BCUT2D eigenvalue weighted by Crippen LogP contribution is 2.33. The Morgan fingerprint density at radius 2 is 1.90 bits per heavy atom. The predicted octanol–water partition coefficient (Wildman–Crippen LogP) is 4.25. The molecule has 0 unspecified atom stereocenters. The third-order valence-electron chi connectivity index (χ3n) is 5.54. The summed E-state index contributed by atoms with van der Waals surface area (Å²) in [6.07, 6.45) is 7.26. The van der Waals surface area contributed by atoms with E-state index in [2.05, 4.69) is 51.9 Å². The fourth-order valence-corrected chi connectivity index (χ4v) is 3.83. The van der Waals surface area contributed by atoms with E-state index in [1.54, 1.807) is 23.1 Å². The third-order valence-corrected chi connectivity index (χ3v) is 5.54. The standard InChI is InChI=1S/C24H28N6O/c1-17-6-8-18(9-7-17)20-4-2-3-5-21(20)24(31)29-19-10-11-23(27-16-19)26-14-15-30-22(25)12-13-28-30/h6-13,16H,2-5,14-15,25H2,1H3,(H,26,27)(H,29,31). The summed E-state index contributed by atoms with van der Waals surface area (Å²) in [6, 6.07) is 13.9. The number of benzene rings is 1. The van der Waals surface area contributed by atoms with Crippen LogP contribution in [0.5, 0.6) is 0 Å². The Morgan fingerprint density at radius 3 is 2.61 bits per heavy atom. The molecule has 3 aromatic rings. The summed E-state index contributed by atoms with van der Waals surface area (Å²) in [5, 5.41) is 10.4. The maximum atomic E-state index is 13.0. The average molecular weight is 417 g/mol. The topological polar surface area (TPSA) is 97.9 Å². The molecule has 1 amide bonds. The van der Waals surface area contributed by atoms with Crippen LogP contribution in [0.4, 0.5) is 17.3 Å². The van der Waals surface area contributed by atoms with Gasteiger partial charge in [-0.1, -0.05) is 29.8 Å². The summed E-state index contributed by atoms with van der Waals surface area (Å²) in [7, 11) is 0. The molecule has 7 heteroatoms. The van der Waals surface area contributed by atoms with Crippen LogP contribution < -0.4 is 16.4 Å². The number of amides is 1. The zero-order chi connectivity index (χ0) is 21.6. The van der Waals surface area contributed by atoms with Gasteiger partial charge in [-0.15, -0.1) is 0 Å². The average Bonchev–Trinajstić information content (AvgIpc) is 3.20. The molecule has 2 heterocycles. The number of nitrogen functional groups attached to an aromatic ring is 1. The van der Waals surface area contributed by atoms with Crippen molar-refractivity contribution in [2.75, 3.05) is 22.9 Å². The summed E-state index contributed by atoms with van der Waals surface area (Å²) in [4.78, 5) is 17.4. The maximum Gasteiger partial charge on any atom is 0.251 e. The molecular weight excluding hydrogens is 388 g/mol. The van der Waals surface area contributed by atoms with Gasteiger partial charge in [0.15, 0.2) is 0 Å². The van der Waals surface area contributed by atoms with Crippen molar-refractivity contribution in [3.8, 4) is 0 Å².